The molecule has 1 atom stereocenters. The maximum atomic E-state index is 11.5. The summed E-state index contributed by atoms with van der Waals surface area (Å²) in [4.78, 5) is 17.7. The van der Waals surface area contributed by atoms with Crippen LogP contribution in [0.25, 0.3) is 11.3 Å². The molecule has 1 fully saturated rings. The summed E-state index contributed by atoms with van der Waals surface area (Å²) in [6.45, 7) is 4.41. The molecule has 2 aromatic rings. The number of hydrogen-bond acceptors (Lipinski definition) is 4. The van der Waals surface area contributed by atoms with Gasteiger partial charge in [0.15, 0.2) is 0 Å². The molecular formula is C18H21N3OS. The molecule has 5 heteroatoms. The van der Waals surface area contributed by atoms with E-state index in [1.54, 1.807) is 0 Å². The molecule has 2 aliphatic rings. The molecule has 0 radical (unpaired) electrons. The number of benzene rings is 1. The number of thiazole rings is 1. The van der Waals surface area contributed by atoms with Gasteiger partial charge in [-0.1, -0.05) is 6.07 Å². The second kappa shape index (κ2) is 6.06. The molecule has 1 saturated heterocycles. The first kappa shape index (κ1) is 14.8. The zero-order valence-electron chi connectivity index (χ0n) is 13.3. The number of amides is 1. The molecule has 23 heavy (non-hydrogen) atoms. The number of nitrogens with zero attached hydrogens (tertiary/aromatic N) is 1. The summed E-state index contributed by atoms with van der Waals surface area (Å²) < 4.78 is 0. The summed E-state index contributed by atoms with van der Waals surface area (Å²) in [7, 11) is 0. The molecule has 1 aromatic heterocycles. The second-order valence-corrected chi connectivity index (χ2v) is 7.81. The Morgan fingerprint density at radius 1 is 1.39 bits per heavy atom. The lowest BCUT2D eigenvalue weighted by Crippen LogP contribution is -2.30. The normalized spacial score (nSPS) is 20.4. The smallest absolute Gasteiger partial charge is 0.228 e. The SMILES string of the molecule is Cc1sc(CC2CCCNC2)nc1-c1ccc2c(c1)CC(=O)N2. The van der Waals surface area contributed by atoms with E-state index in [1.165, 1.54) is 22.7 Å². The first-order valence-electron chi connectivity index (χ1n) is 8.29. The molecular weight excluding hydrogens is 306 g/mol. The number of nitrogens with one attached hydrogen (secondary N) is 2. The number of carbonyl (C=O) groups excluding carboxylic acids is 1. The minimum Gasteiger partial charge on any atom is -0.326 e. The molecule has 0 spiro atoms. The van der Waals surface area contributed by atoms with Gasteiger partial charge in [0.2, 0.25) is 5.91 Å². The average molecular weight is 327 g/mol. The van der Waals surface area contributed by atoms with Gasteiger partial charge in [0.05, 0.1) is 17.1 Å². The van der Waals surface area contributed by atoms with E-state index in [2.05, 4.69) is 29.7 Å². The molecule has 4 rings (SSSR count). The summed E-state index contributed by atoms with van der Waals surface area (Å²) in [6.07, 6.45) is 4.12. The third-order valence-electron chi connectivity index (χ3n) is 4.71. The van der Waals surface area contributed by atoms with Crippen molar-refractivity contribution < 1.29 is 4.79 Å². The minimum absolute atomic E-state index is 0.0811. The lowest BCUT2D eigenvalue weighted by atomic mass is 9.96. The van der Waals surface area contributed by atoms with Crippen LogP contribution in [-0.4, -0.2) is 24.0 Å². The monoisotopic (exact) mass is 327 g/mol. The minimum atomic E-state index is 0.0811. The summed E-state index contributed by atoms with van der Waals surface area (Å²) in [5.41, 5.74) is 4.23. The molecule has 0 saturated carbocycles. The third-order valence-corrected chi connectivity index (χ3v) is 5.70. The Hall–Kier alpha value is -1.72. The van der Waals surface area contributed by atoms with Crippen molar-refractivity contribution >= 4 is 22.9 Å². The predicted molar refractivity (Wildman–Crippen MR) is 93.9 cm³/mol. The quantitative estimate of drug-likeness (QED) is 0.910. The first-order valence-corrected chi connectivity index (χ1v) is 9.11. The van der Waals surface area contributed by atoms with Crippen LogP contribution in [0, 0.1) is 12.8 Å². The molecule has 3 heterocycles. The van der Waals surface area contributed by atoms with E-state index in [1.807, 2.05) is 17.4 Å². The standard InChI is InChI=1S/C18H21N3OS/c1-11-18(13-4-5-15-14(8-13)9-16(22)20-15)21-17(23-11)7-12-3-2-6-19-10-12/h4-5,8,12,19H,2-3,6-7,9-10H2,1H3,(H,20,22). The van der Waals surface area contributed by atoms with Gasteiger partial charge in [-0.3, -0.25) is 4.79 Å². The van der Waals surface area contributed by atoms with Gasteiger partial charge in [-0.2, -0.15) is 0 Å². The van der Waals surface area contributed by atoms with E-state index in [-0.39, 0.29) is 5.91 Å². The molecule has 2 N–H and O–H groups in total. The lowest BCUT2D eigenvalue weighted by molar-refractivity contribution is -0.115. The molecule has 1 amide bonds. The number of hydrogen-bond donors (Lipinski definition) is 2. The van der Waals surface area contributed by atoms with Crippen LogP contribution in [0.1, 0.15) is 28.3 Å². The van der Waals surface area contributed by atoms with E-state index in [0.717, 1.165) is 42.0 Å². The van der Waals surface area contributed by atoms with Gasteiger partial charge >= 0.3 is 0 Å². The Labute approximate surface area is 140 Å². The van der Waals surface area contributed by atoms with Crippen molar-refractivity contribution in [1.29, 1.82) is 0 Å². The highest BCUT2D eigenvalue weighted by Crippen LogP contribution is 2.33. The fourth-order valence-corrected chi connectivity index (χ4v) is 4.60. The van der Waals surface area contributed by atoms with Crippen molar-refractivity contribution in [2.45, 2.75) is 32.6 Å². The second-order valence-electron chi connectivity index (χ2n) is 6.53. The highest BCUT2D eigenvalue weighted by atomic mass is 32.1. The largest absolute Gasteiger partial charge is 0.326 e. The van der Waals surface area contributed by atoms with E-state index in [4.69, 9.17) is 4.98 Å². The summed E-state index contributed by atoms with van der Waals surface area (Å²) in [5, 5.41) is 7.60. The van der Waals surface area contributed by atoms with Crippen LogP contribution in [0.5, 0.6) is 0 Å². The summed E-state index contributed by atoms with van der Waals surface area (Å²) in [6, 6.07) is 6.18. The Balaban J connectivity index is 1.57. The van der Waals surface area contributed by atoms with Crippen LogP contribution in [0.2, 0.25) is 0 Å². The van der Waals surface area contributed by atoms with E-state index in [0.29, 0.717) is 12.3 Å². The zero-order valence-corrected chi connectivity index (χ0v) is 14.1. The summed E-state index contributed by atoms with van der Waals surface area (Å²) in [5.74, 6) is 0.793. The van der Waals surface area contributed by atoms with Crippen LogP contribution in [-0.2, 0) is 17.6 Å². The molecule has 1 aromatic carbocycles. The van der Waals surface area contributed by atoms with Crippen LogP contribution >= 0.6 is 11.3 Å². The predicted octanol–water partition coefficient (Wildman–Crippen LogP) is 3.16. The van der Waals surface area contributed by atoms with Crippen molar-refractivity contribution in [2.75, 3.05) is 18.4 Å². The van der Waals surface area contributed by atoms with E-state index >= 15 is 0 Å². The highest BCUT2D eigenvalue weighted by molar-refractivity contribution is 7.12. The van der Waals surface area contributed by atoms with Gasteiger partial charge in [-0.25, -0.2) is 4.98 Å². The third kappa shape index (κ3) is 3.03. The number of piperidine rings is 1. The van der Waals surface area contributed by atoms with Crippen molar-refractivity contribution in [3.8, 4) is 11.3 Å². The van der Waals surface area contributed by atoms with Gasteiger partial charge < -0.3 is 10.6 Å². The Kier molecular flexibility index (Phi) is 3.91. The van der Waals surface area contributed by atoms with Gasteiger partial charge in [0.25, 0.3) is 0 Å². The number of aryl methyl sites for hydroxylation is 1. The van der Waals surface area contributed by atoms with Crippen LogP contribution in [0.15, 0.2) is 18.2 Å². The number of anilines is 1. The van der Waals surface area contributed by atoms with Gasteiger partial charge in [-0.05, 0) is 56.5 Å². The Morgan fingerprint density at radius 2 is 2.30 bits per heavy atom. The molecule has 4 nitrogen and oxygen atoms in total. The molecule has 120 valence electrons. The summed E-state index contributed by atoms with van der Waals surface area (Å²) >= 11 is 1.82. The van der Waals surface area contributed by atoms with Crippen molar-refractivity contribution in [1.82, 2.24) is 10.3 Å². The fourth-order valence-electron chi connectivity index (χ4n) is 3.53. The average Bonchev–Trinajstić information content (AvgIpc) is 3.09. The lowest BCUT2D eigenvalue weighted by Gasteiger charge is -2.21. The zero-order chi connectivity index (χ0) is 15.8. The van der Waals surface area contributed by atoms with Crippen molar-refractivity contribution in [2.24, 2.45) is 5.92 Å². The topological polar surface area (TPSA) is 54.0 Å². The van der Waals surface area contributed by atoms with E-state index < -0.39 is 0 Å². The van der Waals surface area contributed by atoms with Gasteiger partial charge in [-0.15, -0.1) is 11.3 Å². The molecule has 0 aliphatic carbocycles. The first-order chi connectivity index (χ1) is 11.2. The maximum absolute atomic E-state index is 11.5. The maximum Gasteiger partial charge on any atom is 0.228 e. The number of rotatable bonds is 3. The van der Waals surface area contributed by atoms with Gasteiger partial charge in [0.1, 0.15) is 0 Å². The van der Waals surface area contributed by atoms with Crippen molar-refractivity contribution in [3.05, 3.63) is 33.6 Å². The molecule has 1 unspecified atom stereocenters. The molecule has 2 aliphatic heterocycles. The van der Waals surface area contributed by atoms with Gasteiger partial charge in [0, 0.05) is 22.5 Å². The Morgan fingerprint density at radius 3 is 3.13 bits per heavy atom. The van der Waals surface area contributed by atoms with Crippen LogP contribution in [0.3, 0.4) is 0 Å². The molecule has 0 bridgehead atoms. The van der Waals surface area contributed by atoms with Crippen molar-refractivity contribution in [3.63, 3.8) is 0 Å². The van der Waals surface area contributed by atoms with E-state index in [9.17, 15) is 4.79 Å². The van der Waals surface area contributed by atoms with Crippen LogP contribution in [0.4, 0.5) is 5.69 Å². The fraction of sp³-hybridized carbons (Fsp3) is 0.444. The highest BCUT2D eigenvalue weighted by Gasteiger charge is 2.20. The number of carbonyl (C=O) groups is 1. The number of fused-ring (bicyclic) bond motifs is 1. The van der Waals surface area contributed by atoms with Crippen LogP contribution < -0.4 is 10.6 Å². The number of aromatic nitrogens is 1. The Bertz CT molecular complexity index is 747.